The average molecular weight is 262 g/mol. The van der Waals surface area contributed by atoms with Crippen LogP contribution in [-0.2, 0) is 6.18 Å². The van der Waals surface area contributed by atoms with Crippen LogP contribution in [0.25, 0.3) is 0 Å². The molecule has 0 radical (unpaired) electrons. The van der Waals surface area contributed by atoms with E-state index in [0.717, 1.165) is 18.7 Å². The monoisotopic (exact) mass is 262 g/mol. The molecule has 18 heavy (non-hydrogen) atoms. The van der Waals surface area contributed by atoms with Gasteiger partial charge in [0.05, 0.1) is 0 Å². The van der Waals surface area contributed by atoms with Gasteiger partial charge in [-0.3, -0.25) is 0 Å². The van der Waals surface area contributed by atoms with E-state index in [9.17, 15) is 13.2 Å². The molecule has 1 rings (SSSR count). The summed E-state index contributed by atoms with van der Waals surface area (Å²) in [5.41, 5.74) is 4.39. The number of nitrogens with two attached hydrogens (primary N) is 1. The number of hydrogen-bond donors (Lipinski definition) is 2. The van der Waals surface area contributed by atoms with Gasteiger partial charge in [0.1, 0.15) is 5.69 Å². The van der Waals surface area contributed by atoms with E-state index >= 15 is 0 Å². The van der Waals surface area contributed by atoms with Crippen molar-refractivity contribution in [1.29, 1.82) is 0 Å². The van der Waals surface area contributed by atoms with Gasteiger partial charge in [-0.25, -0.2) is 9.97 Å². The zero-order valence-electron chi connectivity index (χ0n) is 10.4. The van der Waals surface area contributed by atoms with Gasteiger partial charge in [0, 0.05) is 12.7 Å². The predicted molar refractivity (Wildman–Crippen MR) is 63.0 cm³/mol. The molecule has 0 bridgehead atoms. The van der Waals surface area contributed by atoms with Crippen molar-refractivity contribution in [1.82, 2.24) is 9.97 Å². The van der Waals surface area contributed by atoms with Crippen LogP contribution in [0.1, 0.15) is 26.0 Å². The minimum Gasteiger partial charge on any atom is -0.354 e. The molecule has 0 unspecified atom stereocenters. The largest absolute Gasteiger partial charge is 0.433 e. The zero-order chi connectivity index (χ0) is 13.8. The minimum absolute atomic E-state index is 0.0186. The molecule has 0 fully saturated rings. The van der Waals surface area contributed by atoms with Crippen molar-refractivity contribution in [2.24, 2.45) is 11.1 Å². The van der Waals surface area contributed by atoms with E-state index in [4.69, 9.17) is 5.73 Å². The smallest absolute Gasteiger partial charge is 0.354 e. The molecule has 0 spiro atoms. The van der Waals surface area contributed by atoms with Gasteiger partial charge in [-0.2, -0.15) is 13.2 Å². The van der Waals surface area contributed by atoms with Gasteiger partial charge in [-0.1, -0.05) is 13.8 Å². The van der Waals surface area contributed by atoms with Crippen molar-refractivity contribution in [3.05, 3.63) is 18.0 Å². The summed E-state index contributed by atoms with van der Waals surface area (Å²) in [5, 5.41) is 2.80. The molecule has 102 valence electrons. The van der Waals surface area contributed by atoms with Gasteiger partial charge in [-0.15, -0.1) is 0 Å². The maximum atomic E-state index is 12.4. The molecule has 0 aliphatic heterocycles. The summed E-state index contributed by atoms with van der Waals surface area (Å²) in [6.07, 6.45) is -2.60. The predicted octanol–water partition coefficient (Wildman–Crippen LogP) is 2.28. The van der Waals surface area contributed by atoms with E-state index in [1.165, 1.54) is 0 Å². The molecule has 0 saturated carbocycles. The number of halogens is 3. The van der Waals surface area contributed by atoms with Crippen LogP contribution in [0, 0.1) is 5.41 Å². The third-order valence-electron chi connectivity index (χ3n) is 2.49. The topological polar surface area (TPSA) is 63.8 Å². The summed E-state index contributed by atoms with van der Waals surface area (Å²) in [4.78, 5) is 7.19. The Bertz CT molecular complexity index is 390. The van der Waals surface area contributed by atoms with Crippen LogP contribution >= 0.6 is 0 Å². The highest BCUT2D eigenvalue weighted by atomic mass is 19.4. The van der Waals surface area contributed by atoms with Crippen molar-refractivity contribution < 1.29 is 13.2 Å². The van der Waals surface area contributed by atoms with Crippen LogP contribution in [0.15, 0.2) is 12.3 Å². The van der Waals surface area contributed by atoms with E-state index in [0.29, 0.717) is 13.1 Å². The molecule has 7 heteroatoms. The fourth-order valence-electron chi connectivity index (χ4n) is 1.40. The Morgan fingerprint density at radius 2 is 2.00 bits per heavy atom. The van der Waals surface area contributed by atoms with Crippen LogP contribution in [-0.4, -0.2) is 23.1 Å². The third-order valence-corrected chi connectivity index (χ3v) is 2.49. The van der Waals surface area contributed by atoms with Crippen molar-refractivity contribution in [3.8, 4) is 0 Å². The lowest BCUT2D eigenvalue weighted by Gasteiger charge is -2.24. The molecule has 0 amide bonds. The van der Waals surface area contributed by atoms with Gasteiger partial charge in [0.15, 0.2) is 0 Å². The fraction of sp³-hybridized carbons (Fsp3) is 0.636. The average Bonchev–Trinajstić information content (AvgIpc) is 2.26. The van der Waals surface area contributed by atoms with Crippen LogP contribution in [0.5, 0.6) is 0 Å². The lowest BCUT2D eigenvalue weighted by atomic mass is 9.89. The van der Waals surface area contributed by atoms with Crippen molar-refractivity contribution in [2.45, 2.75) is 26.4 Å². The standard InChI is InChI=1S/C11H17F3N4/c1-10(2,4-5-15)7-17-9-16-6-3-8(18-9)11(12,13)14/h3,6H,4-5,7,15H2,1-2H3,(H,16,17,18). The minimum atomic E-state index is -4.45. The molecular formula is C11H17F3N4. The Hall–Kier alpha value is -1.37. The summed E-state index contributed by atoms with van der Waals surface area (Å²) >= 11 is 0. The van der Waals surface area contributed by atoms with E-state index in [1.54, 1.807) is 0 Å². The first kappa shape index (κ1) is 14.7. The van der Waals surface area contributed by atoms with E-state index in [-0.39, 0.29) is 11.4 Å². The number of nitrogens with zero attached hydrogens (tertiary/aromatic N) is 2. The summed E-state index contributed by atoms with van der Waals surface area (Å²) < 4.78 is 37.3. The van der Waals surface area contributed by atoms with Crippen LogP contribution < -0.4 is 11.1 Å². The van der Waals surface area contributed by atoms with E-state index in [2.05, 4.69) is 15.3 Å². The molecule has 0 saturated heterocycles. The first-order chi connectivity index (χ1) is 8.24. The highest BCUT2D eigenvalue weighted by Gasteiger charge is 2.32. The molecule has 1 heterocycles. The van der Waals surface area contributed by atoms with Gasteiger partial charge in [-0.05, 0) is 24.4 Å². The number of rotatable bonds is 5. The highest BCUT2D eigenvalue weighted by molar-refractivity contribution is 5.26. The Labute approximate surface area is 104 Å². The Kier molecular flexibility index (Phi) is 4.50. The summed E-state index contributed by atoms with van der Waals surface area (Å²) in [7, 11) is 0. The summed E-state index contributed by atoms with van der Waals surface area (Å²) in [5.74, 6) is -0.0186. The van der Waals surface area contributed by atoms with Crippen LogP contribution in [0.4, 0.5) is 19.1 Å². The molecule has 0 aliphatic carbocycles. The molecule has 4 nitrogen and oxygen atoms in total. The number of hydrogen-bond acceptors (Lipinski definition) is 4. The number of aromatic nitrogens is 2. The van der Waals surface area contributed by atoms with Gasteiger partial charge >= 0.3 is 6.18 Å². The summed E-state index contributed by atoms with van der Waals surface area (Å²) in [6, 6.07) is 0.843. The fourth-order valence-corrected chi connectivity index (χ4v) is 1.40. The second-order valence-corrected chi connectivity index (χ2v) is 4.82. The van der Waals surface area contributed by atoms with Gasteiger partial charge < -0.3 is 11.1 Å². The Balaban J connectivity index is 2.69. The molecular weight excluding hydrogens is 245 g/mol. The number of nitrogens with one attached hydrogen (secondary N) is 1. The van der Waals surface area contributed by atoms with E-state index in [1.807, 2.05) is 13.8 Å². The highest BCUT2D eigenvalue weighted by Crippen LogP contribution is 2.27. The SMILES string of the molecule is CC(C)(CCN)CNc1nccc(C(F)(F)F)n1. The number of anilines is 1. The maximum Gasteiger partial charge on any atom is 0.433 e. The lowest BCUT2D eigenvalue weighted by molar-refractivity contribution is -0.141. The van der Waals surface area contributed by atoms with Crippen molar-refractivity contribution >= 4 is 5.95 Å². The zero-order valence-corrected chi connectivity index (χ0v) is 10.4. The van der Waals surface area contributed by atoms with Crippen molar-refractivity contribution in [2.75, 3.05) is 18.4 Å². The second-order valence-electron chi connectivity index (χ2n) is 4.82. The van der Waals surface area contributed by atoms with Crippen molar-refractivity contribution in [3.63, 3.8) is 0 Å². The first-order valence-corrected chi connectivity index (χ1v) is 5.59. The first-order valence-electron chi connectivity index (χ1n) is 5.59. The Morgan fingerprint density at radius 1 is 1.33 bits per heavy atom. The summed E-state index contributed by atoms with van der Waals surface area (Å²) in [6.45, 7) is 4.94. The maximum absolute atomic E-state index is 12.4. The Morgan fingerprint density at radius 3 is 2.56 bits per heavy atom. The molecule has 1 aromatic heterocycles. The van der Waals surface area contributed by atoms with Gasteiger partial charge in [0.25, 0.3) is 0 Å². The molecule has 1 aromatic rings. The molecule has 3 N–H and O–H groups in total. The van der Waals surface area contributed by atoms with Crippen LogP contribution in [0.2, 0.25) is 0 Å². The molecule has 0 atom stereocenters. The van der Waals surface area contributed by atoms with E-state index < -0.39 is 11.9 Å². The quantitative estimate of drug-likeness (QED) is 0.854. The normalized spacial score (nSPS) is 12.6. The number of alkyl halides is 3. The van der Waals surface area contributed by atoms with Gasteiger partial charge in [0.2, 0.25) is 5.95 Å². The molecule has 0 aliphatic rings. The molecule has 0 aromatic carbocycles. The third kappa shape index (κ3) is 4.48. The lowest BCUT2D eigenvalue weighted by Crippen LogP contribution is -2.27. The van der Waals surface area contributed by atoms with Crippen LogP contribution in [0.3, 0.4) is 0 Å². The second kappa shape index (κ2) is 5.51.